The summed E-state index contributed by atoms with van der Waals surface area (Å²) in [6, 6.07) is -0.634. The molecule has 0 fully saturated rings. The number of esters is 1. The van der Waals surface area contributed by atoms with Crippen molar-refractivity contribution < 1.29 is 24.5 Å². The number of unbranched alkanes of at least 4 members (excludes halogenated alkanes) is 48. The van der Waals surface area contributed by atoms with Crippen LogP contribution in [-0.2, 0) is 14.3 Å². The molecule has 0 heterocycles. The van der Waals surface area contributed by atoms with Crippen LogP contribution in [0, 0.1) is 0 Å². The second-order valence-corrected chi connectivity index (χ2v) is 23.2. The number of ether oxygens (including phenoxy) is 1. The van der Waals surface area contributed by atoms with Crippen LogP contribution < -0.4 is 5.32 Å². The molecule has 2 atom stereocenters. The zero-order valence-corrected chi connectivity index (χ0v) is 50.5. The Bertz CT molecular complexity index is 1210. The van der Waals surface area contributed by atoms with Gasteiger partial charge in [-0.25, -0.2) is 0 Å². The molecule has 0 aromatic carbocycles. The first-order chi connectivity index (χ1) is 37.0. The number of hydrogen-bond donors (Lipinski definition) is 3. The fourth-order valence-corrected chi connectivity index (χ4v) is 10.5. The number of nitrogens with one attached hydrogen (secondary N) is 1. The summed E-state index contributed by atoms with van der Waals surface area (Å²) in [4.78, 5) is 24.6. The molecule has 442 valence electrons. The highest BCUT2D eigenvalue weighted by molar-refractivity contribution is 5.76. The Hall–Kier alpha value is -1.92. The normalized spacial score (nSPS) is 12.7. The van der Waals surface area contributed by atoms with Crippen molar-refractivity contribution in [1.29, 1.82) is 0 Å². The number of allylic oxidation sites excluding steroid dienone is 5. The molecule has 0 rings (SSSR count). The number of rotatable bonds is 63. The lowest BCUT2D eigenvalue weighted by Gasteiger charge is -2.20. The topological polar surface area (TPSA) is 95.9 Å². The van der Waals surface area contributed by atoms with Gasteiger partial charge in [0.1, 0.15) is 0 Å². The van der Waals surface area contributed by atoms with E-state index < -0.39 is 12.1 Å². The maximum Gasteiger partial charge on any atom is 0.305 e. The summed E-state index contributed by atoms with van der Waals surface area (Å²) in [5.41, 5.74) is 0. The number of hydrogen-bond acceptors (Lipinski definition) is 5. The van der Waals surface area contributed by atoms with Gasteiger partial charge in [-0.2, -0.15) is 0 Å². The summed E-state index contributed by atoms with van der Waals surface area (Å²) in [6.07, 6.45) is 81.9. The van der Waals surface area contributed by atoms with Gasteiger partial charge in [0.15, 0.2) is 0 Å². The van der Waals surface area contributed by atoms with Crippen molar-refractivity contribution in [3.63, 3.8) is 0 Å². The first kappa shape index (κ1) is 73.1. The van der Waals surface area contributed by atoms with E-state index in [1.165, 1.54) is 289 Å². The van der Waals surface area contributed by atoms with Crippen molar-refractivity contribution in [2.75, 3.05) is 13.2 Å². The fourth-order valence-electron chi connectivity index (χ4n) is 10.5. The Morgan fingerprint density at radius 1 is 0.373 bits per heavy atom. The monoisotopic (exact) mass is 1050 g/mol. The van der Waals surface area contributed by atoms with Gasteiger partial charge in [0.2, 0.25) is 5.91 Å². The molecule has 1 amide bonds. The van der Waals surface area contributed by atoms with Crippen LogP contribution in [0.5, 0.6) is 0 Å². The molecular formula is C69H131NO5. The van der Waals surface area contributed by atoms with E-state index >= 15 is 0 Å². The predicted molar refractivity (Wildman–Crippen MR) is 329 cm³/mol. The zero-order chi connectivity index (χ0) is 54.3. The molecule has 6 nitrogen and oxygen atoms in total. The van der Waals surface area contributed by atoms with Crippen molar-refractivity contribution >= 4 is 11.9 Å². The Morgan fingerprint density at radius 2 is 0.667 bits per heavy atom. The van der Waals surface area contributed by atoms with E-state index in [9.17, 15) is 19.8 Å². The molecule has 6 heteroatoms. The number of aliphatic hydroxyl groups excluding tert-OH is 2. The molecule has 0 aromatic heterocycles. The average molecular weight is 1050 g/mol. The van der Waals surface area contributed by atoms with Crippen LogP contribution in [0.1, 0.15) is 367 Å². The Balaban J connectivity index is 3.44. The Kier molecular flexibility index (Phi) is 63.0. The third-order valence-electron chi connectivity index (χ3n) is 15.7. The highest BCUT2D eigenvalue weighted by Crippen LogP contribution is 2.18. The Labute approximate surface area is 468 Å². The second-order valence-electron chi connectivity index (χ2n) is 23.2. The third-order valence-corrected chi connectivity index (χ3v) is 15.7. The number of carbonyl (C=O) groups is 2. The van der Waals surface area contributed by atoms with Crippen LogP contribution in [0.4, 0.5) is 0 Å². The smallest absolute Gasteiger partial charge is 0.305 e. The minimum absolute atomic E-state index is 0.00219. The van der Waals surface area contributed by atoms with Crippen LogP contribution in [0.2, 0.25) is 0 Å². The summed E-state index contributed by atoms with van der Waals surface area (Å²) in [7, 11) is 0. The van der Waals surface area contributed by atoms with E-state index in [4.69, 9.17) is 4.74 Å². The lowest BCUT2D eigenvalue weighted by Crippen LogP contribution is -2.45. The lowest BCUT2D eigenvalue weighted by atomic mass is 10.0. The molecule has 0 aliphatic rings. The fraction of sp³-hybridized carbons (Fsp3) is 0.884. The lowest BCUT2D eigenvalue weighted by molar-refractivity contribution is -0.143. The first-order valence-corrected chi connectivity index (χ1v) is 33.8. The standard InChI is InChI=1S/C69H131NO5/c1-3-5-7-9-11-13-15-17-19-21-23-24-25-26-27-29-33-37-41-45-49-53-57-61-67(72)66(65-71)70-68(73)62-58-54-50-46-42-38-34-30-28-32-36-40-44-48-52-56-60-64-75-69(74)63-59-55-51-47-43-39-35-31-22-20-18-16-14-12-10-8-6-4-2/h14,16,20,22,57,61,66-67,71-72H,3-13,15,17-19,21,23-56,58-60,62-65H2,1-2H3,(H,70,73)/b16-14-,22-20-,61-57+. The molecule has 3 N–H and O–H groups in total. The van der Waals surface area contributed by atoms with Gasteiger partial charge >= 0.3 is 5.97 Å². The maximum absolute atomic E-state index is 12.5. The van der Waals surface area contributed by atoms with Crippen molar-refractivity contribution in [2.24, 2.45) is 0 Å². The quantitative estimate of drug-likeness (QED) is 0.0320. The van der Waals surface area contributed by atoms with Crippen molar-refractivity contribution in [2.45, 2.75) is 379 Å². The SMILES string of the molecule is CCCCCC/C=C\C/C=C\CCCCCCCCCC(=O)OCCCCCCCCCCCCCCCCCCCC(=O)NC(CO)C(O)/C=C/CCCCCCCCCCCCCCCCCCCCCCC. The number of aliphatic hydroxyl groups is 2. The molecule has 0 aromatic rings. The summed E-state index contributed by atoms with van der Waals surface area (Å²) in [5.74, 6) is -0.0722. The minimum Gasteiger partial charge on any atom is -0.466 e. The van der Waals surface area contributed by atoms with Gasteiger partial charge in [-0.1, -0.05) is 326 Å². The zero-order valence-electron chi connectivity index (χ0n) is 50.5. The third kappa shape index (κ3) is 61.2. The van der Waals surface area contributed by atoms with Gasteiger partial charge in [-0.3, -0.25) is 9.59 Å². The van der Waals surface area contributed by atoms with Crippen LogP contribution >= 0.6 is 0 Å². The van der Waals surface area contributed by atoms with Crippen LogP contribution in [-0.4, -0.2) is 47.4 Å². The van der Waals surface area contributed by atoms with Gasteiger partial charge in [0, 0.05) is 12.8 Å². The van der Waals surface area contributed by atoms with Gasteiger partial charge < -0.3 is 20.3 Å². The van der Waals surface area contributed by atoms with E-state index in [1.54, 1.807) is 6.08 Å². The molecule has 0 bridgehead atoms. The molecule has 0 saturated heterocycles. The summed E-state index contributed by atoms with van der Waals surface area (Å²) < 4.78 is 5.49. The van der Waals surface area contributed by atoms with Crippen LogP contribution in [0.15, 0.2) is 36.5 Å². The van der Waals surface area contributed by atoms with E-state index in [1.807, 2.05) is 6.08 Å². The van der Waals surface area contributed by atoms with Crippen molar-refractivity contribution in [3.05, 3.63) is 36.5 Å². The van der Waals surface area contributed by atoms with Crippen molar-refractivity contribution in [1.82, 2.24) is 5.32 Å². The molecule has 0 aliphatic carbocycles. The van der Waals surface area contributed by atoms with E-state index in [0.29, 0.717) is 19.4 Å². The van der Waals surface area contributed by atoms with Crippen LogP contribution in [0.3, 0.4) is 0 Å². The van der Waals surface area contributed by atoms with Gasteiger partial charge in [0.05, 0.1) is 25.4 Å². The first-order valence-electron chi connectivity index (χ1n) is 33.8. The second kappa shape index (κ2) is 64.6. The molecule has 2 unspecified atom stereocenters. The van der Waals surface area contributed by atoms with Gasteiger partial charge in [-0.15, -0.1) is 0 Å². The minimum atomic E-state index is -0.850. The summed E-state index contributed by atoms with van der Waals surface area (Å²) in [5, 5.41) is 23.2. The van der Waals surface area contributed by atoms with Gasteiger partial charge in [-0.05, 0) is 64.2 Å². The largest absolute Gasteiger partial charge is 0.466 e. The highest BCUT2D eigenvalue weighted by atomic mass is 16.5. The van der Waals surface area contributed by atoms with E-state index in [0.717, 1.165) is 51.4 Å². The van der Waals surface area contributed by atoms with Crippen LogP contribution in [0.25, 0.3) is 0 Å². The molecule has 75 heavy (non-hydrogen) atoms. The molecule has 0 spiro atoms. The molecule has 0 radical (unpaired) electrons. The molecule has 0 aliphatic heterocycles. The maximum atomic E-state index is 12.5. The number of carbonyl (C=O) groups excluding carboxylic acids is 2. The van der Waals surface area contributed by atoms with E-state index in [-0.39, 0.29) is 18.5 Å². The number of amides is 1. The van der Waals surface area contributed by atoms with Crippen molar-refractivity contribution in [3.8, 4) is 0 Å². The predicted octanol–water partition coefficient (Wildman–Crippen LogP) is 21.5. The molecular weight excluding hydrogens is 923 g/mol. The summed E-state index contributed by atoms with van der Waals surface area (Å²) in [6.45, 7) is 4.90. The highest BCUT2D eigenvalue weighted by Gasteiger charge is 2.18. The summed E-state index contributed by atoms with van der Waals surface area (Å²) >= 11 is 0. The van der Waals surface area contributed by atoms with Gasteiger partial charge in [0.25, 0.3) is 0 Å². The molecule has 0 saturated carbocycles. The van der Waals surface area contributed by atoms with E-state index in [2.05, 4.69) is 43.5 Å². The Morgan fingerprint density at radius 3 is 1.03 bits per heavy atom. The average Bonchev–Trinajstić information content (AvgIpc) is 3.41.